The number of carboxylic acid groups (broad SMARTS) is 1. The molecule has 156 valence electrons. The van der Waals surface area contributed by atoms with E-state index in [4.69, 9.17) is 9.47 Å². The molecule has 8 nitrogen and oxygen atoms in total. The molecule has 0 aliphatic heterocycles. The van der Waals surface area contributed by atoms with Gasteiger partial charge < -0.3 is 25.2 Å². The Bertz CT molecular complexity index is 648. The van der Waals surface area contributed by atoms with E-state index in [0.29, 0.717) is 11.8 Å². The number of hydrogen-bond acceptors (Lipinski definition) is 5. The molecule has 2 amide bonds. The second-order valence-corrected chi connectivity index (χ2v) is 7.84. The molecule has 0 aliphatic rings. The highest BCUT2D eigenvalue weighted by molar-refractivity contribution is 9.09. The van der Waals surface area contributed by atoms with Crippen molar-refractivity contribution in [2.45, 2.75) is 51.5 Å². The van der Waals surface area contributed by atoms with Crippen LogP contribution in [0.2, 0.25) is 0 Å². The van der Waals surface area contributed by atoms with Gasteiger partial charge in [0.15, 0.2) is 0 Å². The van der Waals surface area contributed by atoms with Crippen LogP contribution in [-0.2, 0) is 25.7 Å². The van der Waals surface area contributed by atoms with Gasteiger partial charge in [-0.25, -0.2) is 9.59 Å². The number of alkyl carbamates (subject to hydrolysis) is 1. The number of benzene rings is 1. The molecule has 0 saturated carbocycles. The maximum Gasteiger partial charge on any atom is 0.408 e. The molecule has 1 rings (SSSR count). The van der Waals surface area contributed by atoms with Gasteiger partial charge in [0, 0.05) is 11.9 Å². The minimum absolute atomic E-state index is 0.254. The Morgan fingerprint density at radius 2 is 1.82 bits per heavy atom. The van der Waals surface area contributed by atoms with Crippen LogP contribution in [0.15, 0.2) is 30.3 Å². The van der Waals surface area contributed by atoms with Gasteiger partial charge in [-0.3, -0.25) is 4.79 Å². The normalized spacial score (nSPS) is 13.3. The quantitative estimate of drug-likeness (QED) is 0.464. The van der Waals surface area contributed by atoms with Gasteiger partial charge in [0.1, 0.15) is 17.7 Å². The van der Waals surface area contributed by atoms with Crippen molar-refractivity contribution in [1.82, 2.24) is 10.6 Å². The highest BCUT2D eigenvalue weighted by atomic mass is 79.9. The Hall–Kier alpha value is -2.13. The predicted molar refractivity (Wildman–Crippen MR) is 107 cm³/mol. The Balaban J connectivity index is 2.59. The number of carbonyl (C=O) groups is 3. The van der Waals surface area contributed by atoms with Gasteiger partial charge in [-0.2, -0.15) is 0 Å². The lowest BCUT2D eigenvalue weighted by molar-refractivity contribution is -0.140. The fourth-order valence-electron chi connectivity index (χ4n) is 2.13. The van der Waals surface area contributed by atoms with Crippen LogP contribution in [0.25, 0.3) is 0 Å². The average Bonchev–Trinajstić information content (AvgIpc) is 2.61. The number of ether oxygens (including phenoxy) is 2. The van der Waals surface area contributed by atoms with Gasteiger partial charge in [0.05, 0.1) is 6.61 Å². The van der Waals surface area contributed by atoms with E-state index in [1.807, 2.05) is 30.3 Å². The molecule has 9 heteroatoms. The van der Waals surface area contributed by atoms with Crippen molar-refractivity contribution in [3.8, 4) is 0 Å². The van der Waals surface area contributed by atoms with Gasteiger partial charge in [0.25, 0.3) is 0 Å². The summed E-state index contributed by atoms with van der Waals surface area (Å²) in [5, 5.41) is 14.6. The van der Waals surface area contributed by atoms with E-state index in [1.54, 1.807) is 20.8 Å². The van der Waals surface area contributed by atoms with Crippen molar-refractivity contribution in [2.24, 2.45) is 0 Å². The van der Waals surface area contributed by atoms with Crippen LogP contribution in [0.4, 0.5) is 4.79 Å². The predicted octanol–water partition coefficient (Wildman–Crippen LogP) is 2.45. The fraction of sp³-hybridized carbons (Fsp3) is 0.526. The summed E-state index contributed by atoms with van der Waals surface area (Å²) < 4.78 is 10.7. The Morgan fingerprint density at radius 1 is 1.18 bits per heavy atom. The van der Waals surface area contributed by atoms with Crippen LogP contribution in [0.3, 0.4) is 0 Å². The lowest BCUT2D eigenvalue weighted by Crippen LogP contribution is -2.51. The molecule has 0 bridgehead atoms. The number of halogens is 1. The third-order valence-corrected chi connectivity index (χ3v) is 3.89. The van der Waals surface area contributed by atoms with Crippen LogP contribution >= 0.6 is 15.9 Å². The molecule has 1 aromatic rings. The number of carboxylic acids is 1. The van der Waals surface area contributed by atoms with Gasteiger partial charge in [-0.1, -0.05) is 46.3 Å². The zero-order valence-electron chi connectivity index (χ0n) is 16.2. The number of amides is 2. The Morgan fingerprint density at radius 3 is 2.36 bits per heavy atom. The monoisotopic (exact) mass is 458 g/mol. The molecule has 0 heterocycles. The molecule has 28 heavy (non-hydrogen) atoms. The summed E-state index contributed by atoms with van der Waals surface area (Å²) >= 11 is 3.28. The van der Waals surface area contributed by atoms with E-state index in [2.05, 4.69) is 26.6 Å². The SMILES string of the molecule is CC(C)(C)OC(=O)NC(CNC(=O)C(CCBr)OCc1ccccc1)C(=O)O. The summed E-state index contributed by atoms with van der Waals surface area (Å²) in [4.78, 5) is 35.5. The number of rotatable bonds is 10. The first kappa shape index (κ1) is 23.9. The number of aliphatic carboxylic acids is 1. The van der Waals surface area contributed by atoms with Crippen molar-refractivity contribution < 1.29 is 29.0 Å². The zero-order valence-corrected chi connectivity index (χ0v) is 17.8. The summed E-state index contributed by atoms with van der Waals surface area (Å²) in [6.07, 6.45) is -1.21. The molecule has 0 saturated heterocycles. The van der Waals surface area contributed by atoms with E-state index in [-0.39, 0.29) is 13.2 Å². The number of alkyl halides is 1. The summed E-state index contributed by atoms with van der Waals surface area (Å²) in [6, 6.07) is 8.08. The van der Waals surface area contributed by atoms with Gasteiger partial charge in [-0.15, -0.1) is 0 Å². The molecule has 0 fully saturated rings. The van der Waals surface area contributed by atoms with Gasteiger partial charge in [0.2, 0.25) is 5.91 Å². The molecular weight excluding hydrogens is 432 g/mol. The molecule has 1 aromatic carbocycles. The zero-order chi connectivity index (χ0) is 21.2. The van der Waals surface area contributed by atoms with E-state index >= 15 is 0 Å². The second kappa shape index (κ2) is 11.7. The second-order valence-electron chi connectivity index (χ2n) is 7.05. The Labute approximate surface area is 173 Å². The summed E-state index contributed by atoms with van der Waals surface area (Å²) in [5.41, 5.74) is 0.160. The molecule has 0 aliphatic carbocycles. The summed E-state index contributed by atoms with van der Waals surface area (Å²) in [7, 11) is 0. The van der Waals surface area contributed by atoms with Gasteiger partial charge >= 0.3 is 12.1 Å². The topological polar surface area (TPSA) is 114 Å². The molecule has 2 unspecified atom stereocenters. The minimum Gasteiger partial charge on any atom is -0.480 e. The van der Waals surface area contributed by atoms with Crippen molar-refractivity contribution in [3.63, 3.8) is 0 Å². The molecule has 3 N–H and O–H groups in total. The third kappa shape index (κ3) is 9.70. The van der Waals surface area contributed by atoms with Gasteiger partial charge in [-0.05, 0) is 32.8 Å². The molecular formula is C19H27BrN2O6. The molecule has 2 atom stereocenters. The first-order valence-electron chi connectivity index (χ1n) is 8.84. The van der Waals surface area contributed by atoms with E-state index in [1.165, 1.54) is 0 Å². The lowest BCUT2D eigenvalue weighted by atomic mass is 10.2. The first-order valence-corrected chi connectivity index (χ1v) is 9.96. The lowest BCUT2D eigenvalue weighted by Gasteiger charge is -2.23. The molecule has 0 radical (unpaired) electrons. The number of hydrogen-bond donors (Lipinski definition) is 3. The van der Waals surface area contributed by atoms with Crippen molar-refractivity contribution in [1.29, 1.82) is 0 Å². The number of carbonyl (C=O) groups excluding carboxylic acids is 2. The highest BCUT2D eigenvalue weighted by Gasteiger charge is 2.26. The average molecular weight is 459 g/mol. The van der Waals surface area contributed by atoms with Crippen molar-refractivity contribution >= 4 is 33.9 Å². The smallest absolute Gasteiger partial charge is 0.408 e. The van der Waals surface area contributed by atoms with Crippen LogP contribution < -0.4 is 10.6 Å². The maximum absolute atomic E-state index is 12.4. The molecule has 0 spiro atoms. The summed E-state index contributed by atoms with van der Waals surface area (Å²) in [5.74, 6) is -1.74. The van der Waals surface area contributed by atoms with Crippen molar-refractivity contribution in [3.05, 3.63) is 35.9 Å². The fourth-order valence-corrected chi connectivity index (χ4v) is 2.54. The Kier molecular flexibility index (Phi) is 9.95. The third-order valence-electron chi connectivity index (χ3n) is 3.43. The maximum atomic E-state index is 12.4. The van der Waals surface area contributed by atoms with Crippen LogP contribution in [-0.4, -0.2) is 52.7 Å². The summed E-state index contributed by atoms with van der Waals surface area (Å²) in [6.45, 7) is 4.96. The van der Waals surface area contributed by atoms with Crippen molar-refractivity contribution in [2.75, 3.05) is 11.9 Å². The van der Waals surface area contributed by atoms with Crippen LogP contribution in [0, 0.1) is 0 Å². The largest absolute Gasteiger partial charge is 0.480 e. The van der Waals surface area contributed by atoms with E-state index in [9.17, 15) is 19.5 Å². The first-order chi connectivity index (χ1) is 13.1. The van der Waals surface area contributed by atoms with E-state index < -0.39 is 35.7 Å². The minimum atomic E-state index is -1.32. The molecule has 0 aromatic heterocycles. The number of nitrogens with one attached hydrogen (secondary N) is 2. The van der Waals surface area contributed by atoms with Crippen LogP contribution in [0.5, 0.6) is 0 Å². The standard InChI is InChI=1S/C19H27BrN2O6/c1-19(2,3)28-18(26)22-14(17(24)25)11-21-16(23)15(9-10-20)27-12-13-7-5-4-6-8-13/h4-8,14-15H,9-12H2,1-3H3,(H,21,23)(H,22,26)(H,24,25). The van der Waals surface area contributed by atoms with E-state index in [0.717, 1.165) is 5.56 Å². The highest BCUT2D eigenvalue weighted by Crippen LogP contribution is 2.09. The van der Waals surface area contributed by atoms with Crippen LogP contribution in [0.1, 0.15) is 32.8 Å².